The normalized spacial score (nSPS) is 16.8. The molecule has 1 saturated heterocycles. The zero-order chi connectivity index (χ0) is 25.4. The monoisotopic (exact) mass is 502 g/mol. The lowest BCUT2D eigenvalue weighted by atomic mass is 9.92. The highest BCUT2D eigenvalue weighted by molar-refractivity contribution is 7.91. The number of amides is 1. The summed E-state index contributed by atoms with van der Waals surface area (Å²) in [7, 11) is -3.84. The molecule has 0 bridgehead atoms. The van der Waals surface area contributed by atoms with E-state index in [4.69, 9.17) is 11.1 Å². The first-order valence-corrected chi connectivity index (χ1v) is 12.9. The first-order valence-electron chi connectivity index (χ1n) is 11.2. The SMILES string of the molecule is N=C(N)N1CCCC(C[C@@H](C=O)NC(=O)Cn2cccc(NS(=O)(=O)Cc3ccccc3)c2=O)C1. The number of pyridine rings is 1. The molecule has 1 unspecified atom stereocenters. The predicted octanol–water partition coefficient (Wildman–Crippen LogP) is 0.469. The van der Waals surface area contributed by atoms with Crippen molar-refractivity contribution in [1.82, 2.24) is 14.8 Å². The average Bonchev–Trinajstić information content (AvgIpc) is 2.81. The van der Waals surface area contributed by atoms with Gasteiger partial charge in [0.15, 0.2) is 5.96 Å². The zero-order valence-electron chi connectivity index (χ0n) is 19.2. The maximum absolute atomic E-state index is 12.8. The van der Waals surface area contributed by atoms with Gasteiger partial charge in [0.1, 0.15) is 18.5 Å². The summed E-state index contributed by atoms with van der Waals surface area (Å²) in [5, 5.41) is 10.2. The van der Waals surface area contributed by atoms with Crippen molar-refractivity contribution in [2.45, 2.75) is 37.6 Å². The molecule has 188 valence electrons. The maximum Gasteiger partial charge on any atom is 0.275 e. The Morgan fingerprint density at radius 2 is 1.97 bits per heavy atom. The number of piperidine rings is 1. The Labute approximate surface area is 203 Å². The number of nitrogens with two attached hydrogens (primary N) is 1. The zero-order valence-corrected chi connectivity index (χ0v) is 20.0. The van der Waals surface area contributed by atoms with E-state index >= 15 is 0 Å². The Kier molecular flexibility index (Phi) is 8.63. The standard InChI is InChI=1S/C23H30N6O5S/c24-23(25)29-11-4-8-18(13-29)12-19(15-30)26-21(31)14-28-10-5-9-20(22(28)32)27-35(33,34)16-17-6-2-1-3-7-17/h1-3,5-7,9-10,15,18-19,27H,4,8,11-14,16H2,(H3,24,25)(H,26,31)/t18?,19-/m0/s1. The highest BCUT2D eigenvalue weighted by atomic mass is 32.2. The van der Waals surface area contributed by atoms with Gasteiger partial charge in [0, 0.05) is 19.3 Å². The summed E-state index contributed by atoms with van der Waals surface area (Å²) in [6.45, 7) is 0.861. The summed E-state index contributed by atoms with van der Waals surface area (Å²) in [6.07, 6.45) is 4.12. The van der Waals surface area contributed by atoms with Crippen LogP contribution in [-0.4, -0.2) is 55.2 Å². The van der Waals surface area contributed by atoms with Gasteiger partial charge in [0.05, 0.1) is 11.8 Å². The number of hydrogen-bond donors (Lipinski definition) is 4. The number of guanidine groups is 1. The van der Waals surface area contributed by atoms with E-state index in [2.05, 4.69) is 10.0 Å². The molecule has 0 saturated carbocycles. The molecule has 5 N–H and O–H groups in total. The van der Waals surface area contributed by atoms with Crippen LogP contribution >= 0.6 is 0 Å². The smallest absolute Gasteiger partial charge is 0.275 e. The maximum atomic E-state index is 12.8. The second-order valence-electron chi connectivity index (χ2n) is 8.59. The molecule has 2 atom stereocenters. The molecule has 2 heterocycles. The van der Waals surface area contributed by atoms with Crippen molar-refractivity contribution in [3.05, 3.63) is 64.6 Å². The Bertz CT molecular complexity index is 1210. The third kappa shape index (κ3) is 7.67. The van der Waals surface area contributed by atoms with E-state index in [9.17, 15) is 22.8 Å². The van der Waals surface area contributed by atoms with Crippen molar-refractivity contribution < 1.29 is 18.0 Å². The van der Waals surface area contributed by atoms with Gasteiger partial charge in [0.25, 0.3) is 5.56 Å². The van der Waals surface area contributed by atoms with E-state index in [1.54, 1.807) is 35.2 Å². The van der Waals surface area contributed by atoms with Gasteiger partial charge in [-0.25, -0.2) is 8.42 Å². The number of nitrogens with zero attached hydrogens (tertiary/aromatic N) is 2. The molecule has 1 aromatic carbocycles. The third-order valence-electron chi connectivity index (χ3n) is 5.76. The number of aromatic nitrogens is 1. The number of carbonyl (C=O) groups is 2. The average molecular weight is 503 g/mol. The Morgan fingerprint density at radius 1 is 1.23 bits per heavy atom. The molecule has 0 spiro atoms. The number of likely N-dealkylation sites (tertiary alicyclic amines) is 1. The second-order valence-corrected chi connectivity index (χ2v) is 10.3. The number of benzene rings is 1. The predicted molar refractivity (Wildman–Crippen MR) is 132 cm³/mol. The molecule has 11 nitrogen and oxygen atoms in total. The number of carbonyl (C=O) groups excluding carboxylic acids is 2. The van der Waals surface area contributed by atoms with Crippen molar-refractivity contribution in [2.24, 2.45) is 11.7 Å². The summed E-state index contributed by atoms with van der Waals surface area (Å²) in [5.74, 6) is -0.771. The fourth-order valence-electron chi connectivity index (χ4n) is 4.13. The minimum absolute atomic E-state index is 0.0139. The van der Waals surface area contributed by atoms with Crippen LogP contribution in [0.15, 0.2) is 53.5 Å². The lowest BCUT2D eigenvalue weighted by Gasteiger charge is -2.34. The van der Waals surface area contributed by atoms with E-state index in [0.717, 1.165) is 17.4 Å². The summed E-state index contributed by atoms with van der Waals surface area (Å²) in [5.41, 5.74) is 5.28. The molecular formula is C23H30N6O5S. The Morgan fingerprint density at radius 3 is 2.66 bits per heavy atom. The van der Waals surface area contributed by atoms with Gasteiger partial charge in [-0.05, 0) is 42.9 Å². The van der Waals surface area contributed by atoms with Gasteiger partial charge in [-0.1, -0.05) is 30.3 Å². The van der Waals surface area contributed by atoms with Crippen LogP contribution in [-0.2, 0) is 31.9 Å². The molecule has 1 amide bonds. The molecule has 1 aliphatic rings. The molecule has 1 aliphatic heterocycles. The summed E-state index contributed by atoms with van der Waals surface area (Å²) >= 11 is 0. The molecule has 1 fully saturated rings. The van der Waals surface area contributed by atoms with Crippen LogP contribution in [0.25, 0.3) is 0 Å². The number of nitrogens with one attached hydrogen (secondary N) is 3. The molecule has 35 heavy (non-hydrogen) atoms. The first-order chi connectivity index (χ1) is 16.7. The molecule has 2 aromatic rings. The van der Waals surface area contributed by atoms with Crippen LogP contribution in [0.1, 0.15) is 24.8 Å². The van der Waals surface area contributed by atoms with Gasteiger partial charge in [0.2, 0.25) is 15.9 Å². The third-order valence-corrected chi connectivity index (χ3v) is 7.00. The van der Waals surface area contributed by atoms with Crippen LogP contribution in [0, 0.1) is 11.3 Å². The van der Waals surface area contributed by atoms with E-state index in [1.807, 2.05) is 0 Å². The van der Waals surface area contributed by atoms with Gasteiger partial charge in [-0.15, -0.1) is 0 Å². The minimum atomic E-state index is -3.84. The lowest BCUT2D eigenvalue weighted by Crippen LogP contribution is -2.46. The van der Waals surface area contributed by atoms with Gasteiger partial charge < -0.3 is 25.3 Å². The fraction of sp³-hybridized carbons (Fsp3) is 0.391. The van der Waals surface area contributed by atoms with Crippen LogP contribution in [0.3, 0.4) is 0 Å². The number of sulfonamides is 1. The van der Waals surface area contributed by atoms with Crippen molar-refractivity contribution in [3.8, 4) is 0 Å². The highest BCUT2D eigenvalue weighted by Gasteiger charge is 2.24. The number of aldehydes is 1. The van der Waals surface area contributed by atoms with E-state index in [0.29, 0.717) is 31.4 Å². The van der Waals surface area contributed by atoms with Crippen molar-refractivity contribution in [3.63, 3.8) is 0 Å². The van der Waals surface area contributed by atoms with E-state index < -0.39 is 27.5 Å². The Balaban J connectivity index is 1.61. The minimum Gasteiger partial charge on any atom is -0.370 e. The number of rotatable bonds is 10. The van der Waals surface area contributed by atoms with Crippen LogP contribution in [0.5, 0.6) is 0 Å². The van der Waals surface area contributed by atoms with Gasteiger partial charge in [-0.2, -0.15) is 0 Å². The van der Waals surface area contributed by atoms with Crippen molar-refractivity contribution in [2.75, 3.05) is 17.8 Å². The van der Waals surface area contributed by atoms with E-state index in [1.165, 1.54) is 18.3 Å². The first kappa shape index (κ1) is 25.9. The summed E-state index contributed by atoms with van der Waals surface area (Å²) in [4.78, 5) is 38.6. The van der Waals surface area contributed by atoms with Crippen LogP contribution < -0.4 is 21.3 Å². The highest BCUT2D eigenvalue weighted by Crippen LogP contribution is 2.20. The summed E-state index contributed by atoms with van der Waals surface area (Å²) in [6, 6.07) is 10.6. The fourth-order valence-corrected chi connectivity index (χ4v) is 5.32. The number of hydrogen-bond acceptors (Lipinski definition) is 6. The quantitative estimate of drug-likeness (QED) is 0.208. The molecule has 1 aromatic heterocycles. The lowest BCUT2D eigenvalue weighted by molar-refractivity contribution is -0.124. The molecule has 0 radical (unpaired) electrons. The topological polar surface area (TPSA) is 167 Å². The molecule has 0 aliphatic carbocycles. The largest absolute Gasteiger partial charge is 0.370 e. The molecular weight excluding hydrogens is 472 g/mol. The van der Waals surface area contributed by atoms with Gasteiger partial charge in [-0.3, -0.25) is 19.7 Å². The van der Waals surface area contributed by atoms with Crippen molar-refractivity contribution >= 4 is 33.9 Å². The summed E-state index contributed by atoms with van der Waals surface area (Å²) < 4.78 is 28.3. The molecule has 12 heteroatoms. The van der Waals surface area contributed by atoms with Gasteiger partial charge >= 0.3 is 0 Å². The van der Waals surface area contributed by atoms with E-state index in [-0.39, 0.29) is 29.9 Å². The number of anilines is 1. The molecule has 3 rings (SSSR count). The van der Waals surface area contributed by atoms with Crippen molar-refractivity contribution in [1.29, 1.82) is 5.41 Å². The second kappa shape index (κ2) is 11.6. The van der Waals surface area contributed by atoms with Crippen LogP contribution in [0.4, 0.5) is 5.69 Å². The van der Waals surface area contributed by atoms with Crippen LogP contribution in [0.2, 0.25) is 0 Å². The Hall–Kier alpha value is -3.67.